The first-order chi connectivity index (χ1) is 34.3. The average Bonchev–Trinajstić information content (AvgIpc) is 4.12. The zero-order valence-electron chi connectivity index (χ0n) is 45.0. The van der Waals surface area contributed by atoms with E-state index in [9.17, 15) is 20.1 Å². The fourth-order valence-electron chi connectivity index (χ4n) is 27.4. The van der Waals surface area contributed by atoms with Gasteiger partial charge in [-0.2, -0.15) is 0 Å². The van der Waals surface area contributed by atoms with E-state index < -0.39 is 5.60 Å². The Bertz CT molecular complexity index is 2540. The van der Waals surface area contributed by atoms with Gasteiger partial charge in [-0.3, -0.25) is 4.79 Å². The number of ketones is 1. The lowest BCUT2D eigenvalue weighted by molar-refractivity contribution is -0.228. The smallest absolute Gasteiger partial charge is 0.155 e. The van der Waals surface area contributed by atoms with Crippen molar-refractivity contribution in [3.8, 4) is 0 Å². The molecule has 0 aromatic heterocycles. The molecule has 22 unspecified atom stereocenters. The van der Waals surface area contributed by atoms with Gasteiger partial charge < -0.3 is 29.5 Å². The van der Waals surface area contributed by atoms with Gasteiger partial charge in [0.2, 0.25) is 0 Å². The summed E-state index contributed by atoms with van der Waals surface area (Å²) < 4.78 is 18.6. The van der Waals surface area contributed by atoms with E-state index in [0.717, 1.165) is 159 Å². The Morgan fingerprint density at radius 3 is 1.67 bits per heavy atom. The van der Waals surface area contributed by atoms with Gasteiger partial charge >= 0.3 is 0 Å². The summed E-state index contributed by atoms with van der Waals surface area (Å²) in [4.78, 5) is 12.1. The molecule has 0 bridgehead atoms. The number of carbonyl (C=O) groups excluding carboxylic acids is 1. The van der Waals surface area contributed by atoms with Crippen LogP contribution in [0.2, 0.25) is 0 Å². The SMILES string of the molecule is C[C@]12CCC(=O)C=C1C1CC1C1C2CC[C@@]2(C)C1C1CC1[C@@]21CO1.C[C@]12CCC(O)CC1=CCC1C2CC[C@@]2(C)C1C1CC1[C@@]21CO1.C[C@]12CCC3C(C4CC4C4(O)CC(O)CC[C@]34C)C1C1CC1[C@@]21CO1. The summed E-state index contributed by atoms with van der Waals surface area (Å²) in [6.45, 7) is 18.4. The molecule has 15 saturated carbocycles. The van der Waals surface area contributed by atoms with Crippen LogP contribution in [0, 0.1) is 145 Å². The number of fused-ring (bicyclic) bond motifs is 33. The van der Waals surface area contributed by atoms with Crippen LogP contribution in [-0.2, 0) is 19.0 Å². The molecule has 3 spiro atoms. The summed E-state index contributed by atoms with van der Waals surface area (Å²) in [6.07, 6.45) is 28.3. The van der Waals surface area contributed by atoms with E-state index in [1.54, 1.807) is 11.1 Å². The topological polar surface area (TPSA) is 115 Å². The highest BCUT2D eigenvalue weighted by atomic mass is 16.6. The van der Waals surface area contributed by atoms with E-state index >= 15 is 0 Å². The Morgan fingerprint density at radius 1 is 0.514 bits per heavy atom. The van der Waals surface area contributed by atoms with Gasteiger partial charge in [-0.15, -0.1) is 0 Å². The van der Waals surface area contributed by atoms with Gasteiger partial charge in [-0.25, -0.2) is 0 Å². The number of allylic oxidation sites excluding steroid dienone is 2. The molecule has 0 aromatic rings. The number of ether oxygens (including phenoxy) is 3. The number of hydrogen-bond donors (Lipinski definition) is 3. The molecule has 3 aliphatic heterocycles. The van der Waals surface area contributed by atoms with E-state index in [2.05, 4.69) is 53.7 Å². The van der Waals surface area contributed by atoms with Crippen LogP contribution < -0.4 is 0 Å². The minimum absolute atomic E-state index is 0.0282. The highest BCUT2D eigenvalue weighted by molar-refractivity contribution is 5.92. The fourth-order valence-corrected chi connectivity index (χ4v) is 27.4. The van der Waals surface area contributed by atoms with Gasteiger partial charge in [0.05, 0.1) is 37.6 Å². The average molecular weight is 983 g/mol. The van der Waals surface area contributed by atoms with Crippen molar-refractivity contribution in [2.45, 2.75) is 205 Å². The molecule has 392 valence electrons. The quantitative estimate of drug-likeness (QED) is 0.164. The van der Waals surface area contributed by atoms with Crippen LogP contribution in [0.25, 0.3) is 0 Å². The van der Waals surface area contributed by atoms with E-state index in [1.165, 1.54) is 83.5 Å². The van der Waals surface area contributed by atoms with Crippen LogP contribution in [-0.4, -0.2) is 75.5 Å². The van der Waals surface area contributed by atoms with E-state index in [4.69, 9.17) is 14.2 Å². The number of aliphatic hydroxyl groups excluding tert-OH is 2. The van der Waals surface area contributed by atoms with Crippen LogP contribution in [0.15, 0.2) is 23.3 Å². The molecule has 0 aromatic carbocycles. The van der Waals surface area contributed by atoms with Crippen LogP contribution in [0.5, 0.6) is 0 Å². The molecule has 0 radical (unpaired) electrons. The van der Waals surface area contributed by atoms with Gasteiger partial charge in [-0.1, -0.05) is 58.8 Å². The Kier molecular flexibility index (Phi) is 8.19. The second-order valence-electron chi connectivity index (χ2n) is 32.6. The van der Waals surface area contributed by atoms with Crippen molar-refractivity contribution >= 4 is 5.78 Å². The minimum Gasteiger partial charge on any atom is -0.393 e. The molecular weight excluding hydrogens is 893 g/mol. The first-order valence-corrected chi connectivity index (χ1v) is 31.3. The predicted octanol–water partition coefficient (Wildman–Crippen LogP) is 10.9. The summed E-state index contributed by atoms with van der Waals surface area (Å²) in [5.41, 5.74) is 5.55. The Labute approximate surface area is 430 Å². The van der Waals surface area contributed by atoms with E-state index in [0.29, 0.717) is 62.3 Å². The number of epoxide rings is 3. The summed E-state index contributed by atoms with van der Waals surface area (Å²) >= 11 is 0. The lowest BCUT2D eigenvalue weighted by atomic mass is 9.42. The number of rotatable bonds is 0. The lowest BCUT2D eigenvalue weighted by Gasteiger charge is -2.64. The van der Waals surface area contributed by atoms with Gasteiger partial charge in [-0.05, 0) is 250 Å². The Balaban J connectivity index is 0.0000000869. The van der Waals surface area contributed by atoms with Crippen LogP contribution in [0.1, 0.15) is 170 Å². The Hall–Kier alpha value is -1.09. The summed E-state index contributed by atoms with van der Waals surface area (Å²) in [5.74, 6) is 16.5. The first-order valence-electron chi connectivity index (χ1n) is 31.3. The largest absolute Gasteiger partial charge is 0.393 e. The normalized spacial score (nSPS) is 69.2. The standard InChI is InChI=1S/C22H32O3.C22H28O2.C21H30O2/c1-19-5-3-11(23)9-21(19,24)15-7-12(15)17-14(19)4-6-20(2)18(17)13-8-16(13)22(20)10-25-22;1-20-5-3-11(23)7-16(20)12-8-13(12)18-15(20)4-6-21(2)19(18)14-9-17(14)22(21)10-24-22;1-19-7-5-13(22)9-12(19)3-4-14-16(19)6-8-20(2)18(14)15-10-17(15)21(20)11-23-21/h11-18,23-24H,3-10H2,1-2H3;7,12-15,17-19H,3-6,8-10H2,1-2H3;3,13-18,22H,4-11H2,1-2H3/t11?,12?,13?,14?,15?,16?,17?,18?,19-,20+,21?,22+;12?,13?,14?,15?,17?,18?,19?,20-,21+,22+;13?,14?,15?,16?,17?,18?,19-,20-,21-/m110/s1. The molecule has 0 amide bonds. The maximum Gasteiger partial charge on any atom is 0.155 e. The number of carbonyl (C=O) groups is 1. The first kappa shape index (κ1) is 44.8. The molecule has 3 N–H and O–H groups in total. The zero-order chi connectivity index (χ0) is 48.7. The molecule has 20 rings (SSSR count). The van der Waals surface area contributed by atoms with Crippen molar-refractivity contribution in [1.29, 1.82) is 0 Å². The maximum absolute atomic E-state index is 12.1. The minimum atomic E-state index is -0.598. The molecule has 20 aliphatic rings. The van der Waals surface area contributed by atoms with Crippen molar-refractivity contribution in [3.05, 3.63) is 23.3 Å². The maximum atomic E-state index is 12.1. The number of hydrogen-bond acceptors (Lipinski definition) is 7. The molecule has 3 heterocycles. The summed E-state index contributed by atoms with van der Waals surface area (Å²) in [7, 11) is 0. The van der Waals surface area contributed by atoms with Crippen molar-refractivity contribution in [2.75, 3.05) is 19.8 Å². The highest BCUT2D eigenvalue weighted by Gasteiger charge is 2.86. The predicted molar refractivity (Wildman–Crippen MR) is 271 cm³/mol. The van der Waals surface area contributed by atoms with Crippen LogP contribution >= 0.6 is 0 Å². The highest BCUT2D eigenvalue weighted by Crippen LogP contribution is 2.86. The molecule has 3 saturated heterocycles. The second kappa shape index (κ2) is 13.1. The van der Waals surface area contributed by atoms with Gasteiger partial charge in [0.1, 0.15) is 16.8 Å². The van der Waals surface area contributed by atoms with Crippen LogP contribution in [0.3, 0.4) is 0 Å². The van der Waals surface area contributed by atoms with E-state index in [-0.39, 0.29) is 23.2 Å². The zero-order valence-corrected chi connectivity index (χ0v) is 45.0. The third-order valence-electron chi connectivity index (χ3n) is 31.2. The van der Waals surface area contributed by atoms with Gasteiger partial charge in [0, 0.05) is 29.1 Å². The third-order valence-corrected chi connectivity index (χ3v) is 31.2. The second-order valence-corrected chi connectivity index (χ2v) is 32.6. The monoisotopic (exact) mass is 983 g/mol. The molecular formula is C65H90O7. The third kappa shape index (κ3) is 4.93. The number of aliphatic hydroxyl groups is 3. The molecule has 7 nitrogen and oxygen atoms in total. The van der Waals surface area contributed by atoms with Gasteiger partial charge in [0.15, 0.2) is 5.78 Å². The van der Waals surface area contributed by atoms with Gasteiger partial charge in [0.25, 0.3) is 0 Å². The molecule has 72 heavy (non-hydrogen) atoms. The van der Waals surface area contributed by atoms with E-state index in [1.807, 2.05) is 0 Å². The summed E-state index contributed by atoms with van der Waals surface area (Å²) in [6, 6.07) is 0. The Morgan fingerprint density at radius 2 is 1.04 bits per heavy atom. The van der Waals surface area contributed by atoms with Crippen molar-refractivity contribution < 1.29 is 34.3 Å². The van der Waals surface area contributed by atoms with Crippen molar-refractivity contribution in [2.24, 2.45) is 145 Å². The fraction of sp³-hybridized carbons (Fsp3) is 0.923. The molecule has 7 heteroatoms. The van der Waals surface area contributed by atoms with Crippen molar-refractivity contribution in [3.63, 3.8) is 0 Å². The molecule has 17 aliphatic carbocycles. The molecule has 31 atom stereocenters. The van der Waals surface area contributed by atoms with Crippen molar-refractivity contribution in [1.82, 2.24) is 0 Å². The molecule has 18 fully saturated rings. The van der Waals surface area contributed by atoms with Crippen LogP contribution in [0.4, 0.5) is 0 Å². The summed E-state index contributed by atoms with van der Waals surface area (Å²) in [5, 5.41) is 32.2. The lowest BCUT2D eigenvalue weighted by Crippen LogP contribution is -2.65.